The molecule has 0 saturated carbocycles. The molecule has 0 aliphatic carbocycles. The van der Waals surface area contributed by atoms with Crippen LogP contribution in [0.1, 0.15) is 24.8 Å². The molecule has 1 heterocycles. The minimum atomic E-state index is -3.63. The molecule has 1 aliphatic heterocycles. The maximum atomic E-state index is 12.9. The van der Waals surface area contributed by atoms with Gasteiger partial charge in [0, 0.05) is 32.7 Å². The average molecular weight is 433 g/mol. The Morgan fingerprint density at radius 1 is 1.20 bits per heavy atom. The van der Waals surface area contributed by atoms with Gasteiger partial charge in [0.2, 0.25) is 15.9 Å². The van der Waals surface area contributed by atoms with Crippen LogP contribution < -0.4 is 9.46 Å². The molecule has 1 amide bonds. The zero-order valence-electron chi connectivity index (χ0n) is 17.1. The van der Waals surface area contributed by atoms with E-state index in [-0.39, 0.29) is 29.9 Å². The Morgan fingerprint density at radius 2 is 2.00 bits per heavy atom. The number of nitrogens with one attached hydrogen (secondary N) is 1. The molecule has 0 bridgehead atoms. The van der Waals surface area contributed by atoms with Gasteiger partial charge in [0.25, 0.3) is 0 Å². The summed E-state index contributed by atoms with van der Waals surface area (Å²) < 4.78 is 38.2. The van der Waals surface area contributed by atoms with Gasteiger partial charge in [-0.3, -0.25) is 4.79 Å². The quantitative estimate of drug-likeness (QED) is 0.624. The van der Waals surface area contributed by atoms with E-state index in [1.54, 1.807) is 30.2 Å². The molecule has 1 fully saturated rings. The van der Waals surface area contributed by atoms with Crippen LogP contribution in [0.25, 0.3) is 0 Å². The van der Waals surface area contributed by atoms with E-state index >= 15 is 0 Å². The number of sulfonamides is 1. The van der Waals surface area contributed by atoms with Crippen LogP contribution in [0.2, 0.25) is 0 Å². The lowest BCUT2D eigenvalue weighted by Gasteiger charge is -2.26. The third-order valence-corrected chi connectivity index (χ3v) is 6.47. The normalized spacial score (nSPS) is 16.4. The second kappa shape index (κ2) is 10.6. The van der Waals surface area contributed by atoms with Crippen molar-refractivity contribution in [1.29, 1.82) is 0 Å². The predicted octanol–water partition coefficient (Wildman–Crippen LogP) is 2.57. The number of methoxy groups -OCH3 is 1. The van der Waals surface area contributed by atoms with Crippen molar-refractivity contribution < 1.29 is 22.7 Å². The fourth-order valence-electron chi connectivity index (χ4n) is 3.41. The van der Waals surface area contributed by atoms with E-state index in [0.717, 1.165) is 24.2 Å². The summed E-state index contributed by atoms with van der Waals surface area (Å²) in [5, 5.41) is 0. The van der Waals surface area contributed by atoms with Crippen molar-refractivity contribution in [2.24, 2.45) is 0 Å². The number of hydrogen-bond donors (Lipinski definition) is 1. The van der Waals surface area contributed by atoms with Crippen molar-refractivity contribution in [2.75, 3.05) is 26.8 Å². The molecule has 1 unspecified atom stereocenters. The summed E-state index contributed by atoms with van der Waals surface area (Å²) >= 11 is 0. The van der Waals surface area contributed by atoms with Crippen LogP contribution in [0.5, 0.6) is 5.75 Å². The van der Waals surface area contributed by atoms with Crippen LogP contribution in [0, 0.1) is 0 Å². The Morgan fingerprint density at radius 3 is 2.70 bits per heavy atom. The third kappa shape index (κ3) is 6.29. The van der Waals surface area contributed by atoms with Gasteiger partial charge in [-0.15, -0.1) is 0 Å². The maximum absolute atomic E-state index is 12.9. The first kappa shape index (κ1) is 22.3. The molecule has 3 rings (SSSR count). The van der Waals surface area contributed by atoms with Gasteiger partial charge in [-0.2, -0.15) is 0 Å². The zero-order valence-corrected chi connectivity index (χ0v) is 17.9. The minimum absolute atomic E-state index is 0.0144. The van der Waals surface area contributed by atoms with Gasteiger partial charge >= 0.3 is 0 Å². The number of ether oxygens (including phenoxy) is 2. The lowest BCUT2D eigenvalue weighted by Crippen LogP contribution is -2.38. The number of nitrogens with zero attached hydrogens (tertiary/aromatic N) is 1. The molecule has 1 N–H and O–H groups in total. The van der Waals surface area contributed by atoms with Crippen molar-refractivity contribution in [3.63, 3.8) is 0 Å². The highest BCUT2D eigenvalue weighted by molar-refractivity contribution is 7.89. The van der Waals surface area contributed by atoms with Crippen LogP contribution >= 0.6 is 0 Å². The summed E-state index contributed by atoms with van der Waals surface area (Å²) in [6, 6.07) is 15.7. The standard InChI is InChI=1S/C22H28N2O5S/c1-28-19-8-5-7-18(15-19)16-24(17-20-9-6-14-29-20)22(25)12-13-23-30(26,27)21-10-3-2-4-11-21/h2-5,7-8,10-11,15,20,23H,6,9,12-14,16-17H2,1H3. The lowest BCUT2D eigenvalue weighted by molar-refractivity contribution is -0.133. The van der Waals surface area contributed by atoms with Gasteiger partial charge in [0.05, 0.1) is 18.1 Å². The second-order valence-corrected chi connectivity index (χ2v) is 8.99. The van der Waals surface area contributed by atoms with Gasteiger partial charge in [-0.05, 0) is 42.7 Å². The van der Waals surface area contributed by atoms with Gasteiger partial charge in [-0.1, -0.05) is 30.3 Å². The smallest absolute Gasteiger partial charge is 0.240 e. The third-order valence-electron chi connectivity index (χ3n) is 4.99. The zero-order chi connectivity index (χ0) is 21.4. The molecular formula is C22H28N2O5S. The first-order valence-corrected chi connectivity index (χ1v) is 11.5. The molecule has 2 aromatic rings. The Labute approximate surface area is 178 Å². The first-order valence-electron chi connectivity index (χ1n) is 10.0. The maximum Gasteiger partial charge on any atom is 0.240 e. The molecular weight excluding hydrogens is 404 g/mol. The fourth-order valence-corrected chi connectivity index (χ4v) is 4.47. The SMILES string of the molecule is COc1cccc(CN(CC2CCCO2)C(=O)CCNS(=O)(=O)c2ccccc2)c1. The Hall–Kier alpha value is -2.42. The molecule has 1 aliphatic rings. The van der Waals surface area contributed by atoms with Gasteiger partial charge in [-0.25, -0.2) is 13.1 Å². The van der Waals surface area contributed by atoms with Crippen molar-refractivity contribution in [3.05, 3.63) is 60.2 Å². The van der Waals surface area contributed by atoms with Gasteiger partial charge < -0.3 is 14.4 Å². The number of hydrogen-bond acceptors (Lipinski definition) is 5. The molecule has 1 atom stereocenters. The van der Waals surface area contributed by atoms with Crippen LogP contribution in [0.4, 0.5) is 0 Å². The van der Waals surface area contributed by atoms with Crippen molar-refractivity contribution in [1.82, 2.24) is 9.62 Å². The summed E-state index contributed by atoms with van der Waals surface area (Å²) in [5.41, 5.74) is 0.950. The molecule has 2 aromatic carbocycles. The van der Waals surface area contributed by atoms with E-state index in [4.69, 9.17) is 9.47 Å². The van der Waals surface area contributed by atoms with Crippen molar-refractivity contribution >= 4 is 15.9 Å². The predicted molar refractivity (Wildman–Crippen MR) is 114 cm³/mol. The summed E-state index contributed by atoms with van der Waals surface area (Å²) in [4.78, 5) is 14.8. The number of rotatable bonds is 10. The number of benzene rings is 2. The van der Waals surface area contributed by atoms with E-state index < -0.39 is 10.0 Å². The summed E-state index contributed by atoms with van der Waals surface area (Å²) in [6.07, 6.45) is 1.99. The highest BCUT2D eigenvalue weighted by atomic mass is 32.2. The average Bonchev–Trinajstić information content (AvgIpc) is 3.27. The lowest BCUT2D eigenvalue weighted by atomic mass is 10.1. The largest absolute Gasteiger partial charge is 0.497 e. The van der Waals surface area contributed by atoms with Gasteiger partial charge in [0.15, 0.2) is 0 Å². The first-order chi connectivity index (χ1) is 14.5. The topological polar surface area (TPSA) is 84.9 Å². The summed E-state index contributed by atoms with van der Waals surface area (Å²) in [5.74, 6) is 0.608. The fraction of sp³-hybridized carbons (Fsp3) is 0.409. The molecule has 7 nitrogen and oxygen atoms in total. The molecule has 30 heavy (non-hydrogen) atoms. The Bertz CT molecular complexity index is 928. The molecule has 0 radical (unpaired) electrons. The minimum Gasteiger partial charge on any atom is -0.497 e. The highest BCUT2D eigenvalue weighted by Crippen LogP contribution is 2.18. The van der Waals surface area contributed by atoms with Crippen LogP contribution in [0.3, 0.4) is 0 Å². The molecule has 162 valence electrons. The van der Waals surface area contributed by atoms with E-state index in [2.05, 4.69) is 4.72 Å². The molecule has 0 spiro atoms. The summed E-state index contributed by atoms with van der Waals surface area (Å²) in [7, 11) is -2.03. The van der Waals surface area contributed by atoms with E-state index in [0.29, 0.717) is 19.7 Å². The molecule has 1 saturated heterocycles. The van der Waals surface area contributed by atoms with Crippen molar-refractivity contribution in [3.8, 4) is 5.75 Å². The van der Waals surface area contributed by atoms with E-state index in [1.165, 1.54) is 12.1 Å². The van der Waals surface area contributed by atoms with Crippen LogP contribution in [-0.4, -0.2) is 52.1 Å². The van der Waals surface area contributed by atoms with Gasteiger partial charge in [0.1, 0.15) is 5.75 Å². The number of carbonyl (C=O) groups excluding carboxylic acids is 1. The summed E-state index contributed by atoms with van der Waals surface area (Å²) in [6.45, 7) is 1.65. The number of carbonyl (C=O) groups is 1. The highest BCUT2D eigenvalue weighted by Gasteiger charge is 2.23. The molecule has 0 aromatic heterocycles. The van der Waals surface area contributed by atoms with E-state index in [1.807, 2.05) is 24.3 Å². The van der Waals surface area contributed by atoms with E-state index in [9.17, 15) is 13.2 Å². The monoisotopic (exact) mass is 432 g/mol. The second-order valence-electron chi connectivity index (χ2n) is 7.22. The van der Waals surface area contributed by atoms with Crippen molar-refractivity contribution in [2.45, 2.75) is 36.8 Å². The van der Waals surface area contributed by atoms with Crippen LogP contribution in [-0.2, 0) is 26.1 Å². The Kier molecular flexibility index (Phi) is 7.84. The molecule has 8 heteroatoms. The van der Waals surface area contributed by atoms with Crippen LogP contribution in [0.15, 0.2) is 59.5 Å². The Balaban J connectivity index is 1.62. The number of amides is 1.